The lowest BCUT2D eigenvalue weighted by Gasteiger charge is -2.15. The first-order valence-corrected chi connectivity index (χ1v) is 11.5. The molecule has 192 valence electrons. The summed E-state index contributed by atoms with van der Waals surface area (Å²) in [5, 5.41) is 18.6. The van der Waals surface area contributed by atoms with Gasteiger partial charge in [0.2, 0.25) is 0 Å². The van der Waals surface area contributed by atoms with Gasteiger partial charge in [0.05, 0.1) is 5.56 Å². The third kappa shape index (κ3) is 5.69. The van der Waals surface area contributed by atoms with Crippen LogP contribution in [0.3, 0.4) is 0 Å². The van der Waals surface area contributed by atoms with Crippen molar-refractivity contribution < 1.29 is 27.5 Å². The molecule has 0 fully saturated rings. The molecule has 6 nitrogen and oxygen atoms in total. The van der Waals surface area contributed by atoms with E-state index in [0.717, 1.165) is 11.6 Å². The third-order valence-electron chi connectivity index (χ3n) is 6.08. The largest absolute Gasteiger partial charge is 0.480 e. The maximum Gasteiger partial charge on any atom is 0.417 e. The van der Waals surface area contributed by atoms with E-state index >= 15 is 0 Å². The summed E-state index contributed by atoms with van der Waals surface area (Å²) in [6.45, 7) is 3.48. The molecule has 4 aromatic rings. The van der Waals surface area contributed by atoms with Crippen molar-refractivity contribution in [2.24, 2.45) is 0 Å². The van der Waals surface area contributed by atoms with E-state index < -0.39 is 29.6 Å². The number of halogens is 4. The van der Waals surface area contributed by atoms with Crippen molar-refractivity contribution in [3.63, 3.8) is 0 Å². The summed E-state index contributed by atoms with van der Waals surface area (Å²) in [5.74, 6) is -1.38. The van der Waals surface area contributed by atoms with E-state index in [1.807, 2.05) is 0 Å². The lowest BCUT2D eigenvalue weighted by molar-refractivity contribution is -0.139. The van der Waals surface area contributed by atoms with Gasteiger partial charge in [-0.2, -0.15) is 18.3 Å². The molecule has 0 amide bonds. The number of hydrogen-bond donors (Lipinski definition) is 3. The molecule has 1 heterocycles. The van der Waals surface area contributed by atoms with Gasteiger partial charge in [-0.15, -0.1) is 0 Å². The second kappa shape index (κ2) is 10.5. The maximum atomic E-state index is 14.7. The van der Waals surface area contributed by atoms with Crippen LogP contribution < -0.4 is 5.32 Å². The molecule has 4 rings (SSSR count). The molecule has 37 heavy (non-hydrogen) atoms. The van der Waals surface area contributed by atoms with E-state index in [0.29, 0.717) is 17.5 Å². The van der Waals surface area contributed by atoms with Crippen molar-refractivity contribution in [3.05, 3.63) is 83.2 Å². The van der Waals surface area contributed by atoms with Crippen LogP contribution in [0.2, 0.25) is 0 Å². The highest BCUT2D eigenvalue weighted by molar-refractivity contribution is 5.75. The molecule has 1 atom stereocenters. The summed E-state index contributed by atoms with van der Waals surface area (Å²) in [7, 11) is 0. The summed E-state index contributed by atoms with van der Waals surface area (Å²) in [4.78, 5) is 15.4. The van der Waals surface area contributed by atoms with Crippen molar-refractivity contribution in [2.45, 2.75) is 39.0 Å². The number of rotatable bonds is 8. The first kappa shape index (κ1) is 26.0. The Hall–Kier alpha value is -4.05. The number of H-pyrrole nitrogens is 1. The lowest BCUT2D eigenvalue weighted by atomic mass is 9.94. The highest BCUT2D eigenvalue weighted by Gasteiger charge is 2.34. The van der Waals surface area contributed by atoms with Gasteiger partial charge >= 0.3 is 12.1 Å². The first-order valence-electron chi connectivity index (χ1n) is 11.5. The lowest BCUT2D eigenvalue weighted by Crippen LogP contribution is -2.35. The molecule has 0 radical (unpaired) electrons. The van der Waals surface area contributed by atoms with E-state index in [2.05, 4.69) is 20.5 Å². The van der Waals surface area contributed by atoms with Gasteiger partial charge in [-0.05, 0) is 42.2 Å². The minimum atomic E-state index is -4.60. The van der Waals surface area contributed by atoms with E-state index in [9.17, 15) is 22.4 Å². The van der Waals surface area contributed by atoms with Gasteiger partial charge in [0.1, 0.15) is 11.9 Å². The van der Waals surface area contributed by atoms with Crippen molar-refractivity contribution >= 4 is 5.97 Å². The fourth-order valence-corrected chi connectivity index (χ4v) is 4.03. The van der Waals surface area contributed by atoms with Gasteiger partial charge in [0, 0.05) is 23.2 Å². The van der Waals surface area contributed by atoms with Crippen molar-refractivity contribution in [2.75, 3.05) is 0 Å². The van der Waals surface area contributed by atoms with Gasteiger partial charge in [0.25, 0.3) is 0 Å². The normalized spacial score (nSPS) is 12.5. The number of hydrogen-bond acceptors (Lipinski definition) is 4. The Morgan fingerprint density at radius 1 is 1.05 bits per heavy atom. The molecule has 0 spiro atoms. The van der Waals surface area contributed by atoms with Crippen molar-refractivity contribution in [3.8, 4) is 33.9 Å². The highest BCUT2D eigenvalue weighted by Crippen LogP contribution is 2.40. The number of alkyl halides is 3. The predicted octanol–water partition coefficient (Wildman–Crippen LogP) is 6.22. The first-order chi connectivity index (χ1) is 17.6. The Labute approximate surface area is 210 Å². The van der Waals surface area contributed by atoms with Crippen LogP contribution in [0.1, 0.15) is 30.0 Å². The van der Waals surface area contributed by atoms with Crippen LogP contribution in [-0.4, -0.2) is 32.3 Å². The fraction of sp³-hybridized carbons (Fsp3) is 0.222. The Morgan fingerprint density at radius 3 is 2.43 bits per heavy atom. The Bertz CT molecular complexity index is 1430. The Balaban J connectivity index is 1.62. The molecular formula is C27H24F4N4O2. The molecule has 0 saturated heterocycles. The molecule has 3 N–H and O–H groups in total. The van der Waals surface area contributed by atoms with Crippen LogP contribution in [-0.2, 0) is 17.5 Å². The molecule has 0 aliphatic carbocycles. The van der Waals surface area contributed by atoms with Gasteiger partial charge < -0.3 is 10.4 Å². The highest BCUT2D eigenvalue weighted by atomic mass is 19.4. The summed E-state index contributed by atoms with van der Waals surface area (Å²) >= 11 is 0. The number of carbonyl (C=O) groups is 1. The van der Waals surface area contributed by atoms with Crippen LogP contribution in [0.5, 0.6) is 0 Å². The number of aromatic amines is 1. The second-order valence-electron chi connectivity index (χ2n) is 8.57. The zero-order valence-corrected chi connectivity index (χ0v) is 20.0. The van der Waals surface area contributed by atoms with Gasteiger partial charge in [-0.25, -0.2) is 9.37 Å². The fourth-order valence-electron chi connectivity index (χ4n) is 4.03. The number of aliphatic carboxylic acids is 1. The van der Waals surface area contributed by atoms with E-state index in [-0.39, 0.29) is 34.9 Å². The zero-order chi connectivity index (χ0) is 26.7. The summed E-state index contributed by atoms with van der Waals surface area (Å²) in [6.07, 6.45) is -4.25. The predicted molar refractivity (Wildman–Crippen MR) is 131 cm³/mol. The number of carboxylic acids is 1. The van der Waals surface area contributed by atoms with Crippen LogP contribution in [0.15, 0.2) is 60.7 Å². The number of aromatic nitrogens is 3. The average Bonchev–Trinajstić information content (AvgIpc) is 3.35. The summed E-state index contributed by atoms with van der Waals surface area (Å²) < 4.78 is 56.6. The molecule has 0 bridgehead atoms. The van der Waals surface area contributed by atoms with Gasteiger partial charge in [-0.1, -0.05) is 55.5 Å². The van der Waals surface area contributed by atoms with Crippen LogP contribution in [0, 0.1) is 12.7 Å². The van der Waals surface area contributed by atoms with Crippen molar-refractivity contribution in [1.29, 1.82) is 0 Å². The second-order valence-corrected chi connectivity index (χ2v) is 8.57. The Morgan fingerprint density at radius 2 is 1.78 bits per heavy atom. The number of carboxylic acid groups (broad SMARTS) is 1. The van der Waals surface area contributed by atoms with Crippen LogP contribution in [0.25, 0.3) is 33.9 Å². The molecule has 1 unspecified atom stereocenters. The van der Waals surface area contributed by atoms with Gasteiger partial charge in [-0.3, -0.25) is 9.89 Å². The third-order valence-corrected chi connectivity index (χ3v) is 6.08. The van der Waals surface area contributed by atoms with Crippen LogP contribution >= 0.6 is 0 Å². The molecular weight excluding hydrogens is 488 g/mol. The zero-order valence-electron chi connectivity index (χ0n) is 20.0. The molecule has 0 aliphatic rings. The average molecular weight is 513 g/mol. The smallest absolute Gasteiger partial charge is 0.417 e. The monoisotopic (exact) mass is 512 g/mol. The summed E-state index contributed by atoms with van der Waals surface area (Å²) in [6, 6.07) is 14.3. The van der Waals surface area contributed by atoms with E-state index in [4.69, 9.17) is 5.11 Å². The topological polar surface area (TPSA) is 90.9 Å². The van der Waals surface area contributed by atoms with E-state index in [1.165, 1.54) is 24.3 Å². The SMILES string of the molecule is CCC(NCc1ccc(-c2nc(-c3ccc(-c4ccccc4C)c(C(F)(F)F)c3)n[nH]2)cc1F)C(=O)O. The number of nitrogens with zero attached hydrogens (tertiary/aromatic N) is 2. The molecule has 0 aliphatic heterocycles. The Kier molecular flexibility index (Phi) is 7.40. The maximum absolute atomic E-state index is 14.7. The minimum Gasteiger partial charge on any atom is -0.480 e. The summed E-state index contributed by atoms with van der Waals surface area (Å²) in [5.41, 5.74) is 1.23. The van der Waals surface area contributed by atoms with Crippen molar-refractivity contribution in [1.82, 2.24) is 20.5 Å². The molecule has 3 aromatic carbocycles. The van der Waals surface area contributed by atoms with Crippen LogP contribution in [0.4, 0.5) is 17.6 Å². The molecule has 0 saturated carbocycles. The van der Waals surface area contributed by atoms with Gasteiger partial charge in [0.15, 0.2) is 11.6 Å². The standard InChI is InChI=1S/C27H24F4N4O2/c1-3-23(26(36)37)32-14-18-9-8-17(13-22(18)28)25-33-24(34-35-25)16-10-11-20(21(12-16)27(29,30)31)19-7-5-4-6-15(19)2/h4-13,23,32H,3,14H2,1-2H3,(H,36,37)(H,33,34,35). The number of benzene rings is 3. The molecule has 10 heteroatoms. The van der Waals surface area contributed by atoms with E-state index in [1.54, 1.807) is 44.2 Å². The number of aryl methyl sites for hydroxylation is 1. The minimum absolute atomic E-state index is 0.0199. The molecule has 1 aromatic heterocycles. The quantitative estimate of drug-likeness (QED) is 0.244. The number of nitrogens with one attached hydrogen (secondary N) is 2.